The lowest BCUT2D eigenvalue weighted by Crippen LogP contribution is -2.38. The predicted octanol–water partition coefficient (Wildman–Crippen LogP) is 2.97. The quantitative estimate of drug-likeness (QED) is 0.340. The average molecular weight is 371 g/mol. The van der Waals surface area contributed by atoms with E-state index >= 15 is 0 Å². The average Bonchev–Trinajstić information content (AvgIpc) is 2.69. The first-order chi connectivity index (χ1) is 13.2. The van der Waals surface area contributed by atoms with Gasteiger partial charge in [-0.25, -0.2) is 0 Å². The Kier molecular flexibility index (Phi) is 8.83. The van der Waals surface area contributed by atoms with Crippen LogP contribution in [-0.2, 0) is 6.42 Å². The lowest BCUT2D eigenvalue weighted by Gasteiger charge is -2.13. The second-order valence-electron chi connectivity index (χ2n) is 5.92. The van der Waals surface area contributed by atoms with Gasteiger partial charge in [-0.3, -0.25) is 4.99 Å². The van der Waals surface area contributed by atoms with Crippen molar-refractivity contribution in [3.05, 3.63) is 54.1 Å². The van der Waals surface area contributed by atoms with Crippen molar-refractivity contribution in [3.63, 3.8) is 0 Å². The van der Waals surface area contributed by atoms with E-state index in [0.717, 1.165) is 30.2 Å². The van der Waals surface area contributed by atoms with Gasteiger partial charge in [0, 0.05) is 26.1 Å². The van der Waals surface area contributed by atoms with Crippen LogP contribution in [0.25, 0.3) is 0 Å². The van der Waals surface area contributed by atoms with Crippen LogP contribution in [0.4, 0.5) is 0 Å². The molecule has 0 unspecified atom stereocenters. The number of hydrogen-bond donors (Lipinski definition) is 3. The van der Waals surface area contributed by atoms with Crippen LogP contribution in [0.5, 0.6) is 17.2 Å². The molecule has 2 aromatic rings. The number of guanidine groups is 1. The van der Waals surface area contributed by atoms with E-state index in [4.69, 9.17) is 9.47 Å². The minimum atomic E-state index is 0.196. The van der Waals surface area contributed by atoms with E-state index in [1.165, 1.54) is 0 Å². The van der Waals surface area contributed by atoms with Crippen LogP contribution in [0.3, 0.4) is 0 Å². The van der Waals surface area contributed by atoms with Gasteiger partial charge in [0.1, 0.15) is 5.75 Å². The third kappa shape index (κ3) is 7.09. The summed E-state index contributed by atoms with van der Waals surface area (Å²) in [6.07, 6.45) is 1.51. The Morgan fingerprint density at radius 2 is 1.89 bits per heavy atom. The van der Waals surface area contributed by atoms with Crippen LogP contribution in [0, 0.1) is 0 Å². The number of nitrogens with one attached hydrogen (secondary N) is 2. The molecule has 6 nitrogen and oxygen atoms in total. The maximum atomic E-state index is 10.1. The van der Waals surface area contributed by atoms with Crippen LogP contribution < -0.4 is 20.1 Å². The van der Waals surface area contributed by atoms with E-state index in [9.17, 15) is 5.11 Å². The van der Waals surface area contributed by atoms with E-state index in [-0.39, 0.29) is 5.75 Å². The van der Waals surface area contributed by atoms with E-state index in [1.54, 1.807) is 13.2 Å². The minimum absolute atomic E-state index is 0.196. The maximum absolute atomic E-state index is 10.1. The van der Waals surface area contributed by atoms with Gasteiger partial charge in [0.15, 0.2) is 17.5 Å². The van der Waals surface area contributed by atoms with Crippen molar-refractivity contribution in [2.75, 3.05) is 33.4 Å². The highest BCUT2D eigenvalue weighted by Crippen LogP contribution is 2.29. The number of benzene rings is 2. The van der Waals surface area contributed by atoms with Gasteiger partial charge in [0.05, 0.1) is 13.7 Å². The van der Waals surface area contributed by atoms with Crippen molar-refractivity contribution in [3.8, 4) is 17.2 Å². The number of para-hydroxylation sites is 2. The summed E-state index contributed by atoms with van der Waals surface area (Å²) in [4.78, 5) is 4.56. The lowest BCUT2D eigenvalue weighted by molar-refractivity contribution is 0.313. The van der Waals surface area contributed by atoms with Crippen LogP contribution in [-0.4, -0.2) is 44.4 Å². The fraction of sp³-hybridized carbons (Fsp3) is 0.381. The molecule has 0 aliphatic rings. The molecule has 0 aliphatic carbocycles. The summed E-state index contributed by atoms with van der Waals surface area (Å²) in [7, 11) is 1.55. The summed E-state index contributed by atoms with van der Waals surface area (Å²) in [5.74, 6) is 2.33. The number of hydrogen-bond acceptors (Lipinski definition) is 4. The first kappa shape index (κ1) is 20.4. The predicted molar refractivity (Wildman–Crippen MR) is 109 cm³/mol. The van der Waals surface area contributed by atoms with Gasteiger partial charge >= 0.3 is 0 Å². The number of nitrogens with zero attached hydrogens (tertiary/aromatic N) is 1. The van der Waals surface area contributed by atoms with Crippen molar-refractivity contribution in [1.82, 2.24) is 10.6 Å². The lowest BCUT2D eigenvalue weighted by atomic mass is 10.1. The highest BCUT2D eigenvalue weighted by Gasteiger charge is 2.07. The van der Waals surface area contributed by atoms with Crippen molar-refractivity contribution >= 4 is 5.96 Å². The van der Waals surface area contributed by atoms with E-state index in [0.29, 0.717) is 31.9 Å². The standard InChI is InChI=1S/C21H29N3O3/c1-3-22-21(23-14-8-16-27-18-10-5-4-6-11-18)24-15-13-17-9-7-12-19(26-2)20(17)25/h4-7,9-12,25H,3,8,13-16H2,1-2H3,(H2,22,23,24). The number of methoxy groups -OCH3 is 1. The second kappa shape index (κ2) is 11.7. The number of rotatable bonds is 10. The molecule has 0 atom stereocenters. The maximum Gasteiger partial charge on any atom is 0.191 e. The number of aliphatic imine (C=N–C) groups is 1. The van der Waals surface area contributed by atoms with Gasteiger partial charge in [-0.05, 0) is 37.1 Å². The molecule has 146 valence electrons. The Labute approximate surface area is 161 Å². The van der Waals surface area contributed by atoms with Crippen LogP contribution >= 0.6 is 0 Å². The molecule has 0 heterocycles. The van der Waals surface area contributed by atoms with Crippen molar-refractivity contribution < 1.29 is 14.6 Å². The third-order valence-corrected chi connectivity index (χ3v) is 3.92. The van der Waals surface area contributed by atoms with Crippen molar-refractivity contribution in [2.24, 2.45) is 4.99 Å². The highest BCUT2D eigenvalue weighted by molar-refractivity contribution is 5.79. The fourth-order valence-electron chi connectivity index (χ4n) is 2.55. The Balaban J connectivity index is 1.74. The first-order valence-corrected chi connectivity index (χ1v) is 9.29. The third-order valence-electron chi connectivity index (χ3n) is 3.92. The topological polar surface area (TPSA) is 75.1 Å². The van der Waals surface area contributed by atoms with E-state index in [2.05, 4.69) is 15.6 Å². The van der Waals surface area contributed by atoms with Gasteiger partial charge in [0.25, 0.3) is 0 Å². The SMILES string of the molecule is CCNC(=NCCCOc1ccccc1)NCCc1cccc(OC)c1O. The van der Waals surface area contributed by atoms with Gasteiger partial charge in [-0.1, -0.05) is 30.3 Å². The molecule has 0 aromatic heterocycles. The second-order valence-corrected chi connectivity index (χ2v) is 5.92. The van der Waals surface area contributed by atoms with E-state index < -0.39 is 0 Å². The molecule has 27 heavy (non-hydrogen) atoms. The molecule has 2 rings (SSSR count). The summed E-state index contributed by atoms with van der Waals surface area (Å²) >= 11 is 0. The van der Waals surface area contributed by atoms with Crippen molar-refractivity contribution in [2.45, 2.75) is 19.8 Å². The molecule has 0 amide bonds. The summed E-state index contributed by atoms with van der Waals surface area (Å²) in [5, 5.41) is 16.7. The number of phenolic OH excluding ortho intramolecular Hbond substituents is 1. The highest BCUT2D eigenvalue weighted by atomic mass is 16.5. The molecule has 0 saturated heterocycles. The number of aromatic hydroxyl groups is 1. The zero-order chi connectivity index (χ0) is 19.3. The van der Waals surface area contributed by atoms with Crippen molar-refractivity contribution in [1.29, 1.82) is 0 Å². The van der Waals surface area contributed by atoms with Gasteiger partial charge < -0.3 is 25.2 Å². The molecule has 0 radical (unpaired) electrons. The molecule has 0 bridgehead atoms. The van der Waals surface area contributed by atoms with E-state index in [1.807, 2.05) is 49.4 Å². The first-order valence-electron chi connectivity index (χ1n) is 9.29. The fourth-order valence-corrected chi connectivity index (χ4v) is 2.55. The van der Waals surface area contributed by atoms with Gasteiger partial charge in [-0.15, -0.1) is 0 Å². The zero-order valence-electron chi connectivity index (χ0n) is 16.1. The summed E-state index contributed by atoms with van der Waals surface area (Å²) in [5.41, 5.74) is 0.842. The molecule has 0 aliphatic heterocycles. The Morgan fingerprint density at radius 3 is 2.63 bits per heavy atom. The van der Waals surface area contributed by atoms with Crippen LogP contribution in [0.1, 0.15) is 18.9 Å². The molecule has 0 spiro atoms. The number of phenols is 1. The smallest absolute Gasteiger partial charge is 0.191 e. The summed E-state index contributed by atoms with van der Waals surface area (Å²) < 4.78 is 10.8. The normalized spacial score (nSPS) is 11.1. The molecule has 2 aromatic carbocycles. The van der Waals surface area contributed by atoms with Gasteiger partial charge in [-0.2, -0.15) is 0 Å². The molecule has 0 saturated carbocycles. The minimum Gasteiger partial charge on any atom is -0.504 e. The Morgan fingerprint density at radius 1 is 1.07 bits per heavy atom. The van der Waals surface area contributed by atoms with Gasteiger partial charge in [0.2, 0.25) is 0 Å². The summed E-state index contributed by atoms with van der Waals surface area (Å²) in [6, 6.07) is 15.3. The summed E-state index contributed by atoms with van der Waals surface area (Å²) in [6.45, 7) is 4.78. The molecule has 0 fully saturated rings. The molecule has 6 heteroatoms. The van der Waals surface area contributed by atoms with Crippen LogP contribution in [0.2, 0.25) is 0 Å². The molecule has 3 N–H and O–H groups in total. The zero-order valence-corrected chi connectivity index (χ0v) is 16.1. The monoisotopic (exact) mass is 371 g/mol. The largest absolute Gasteiger partial charge is 0.504 e. The Hall–Kier alpha value is -2.89. The van der Waals surface area contributed by atoms with Crippen LogP contribution in [0.15, 0.2) is 53.5 Å². The Bertz CT molecular complexity index is 705. The number of ether oxygens (including phenoxy) is 2. The molecular formula is C21H29N3O3. The molecular weight excluding hydrogens is 342 g/mol.